The Hall–Kier alpha value is -3.64. The van der Waals surface area contributed by atoms with Crippen LogP contribution in [-0.2, 0) is 11.3 Å². The smallest absolute Gasteiger partial charge is 0.276 e. The van der Waals surface area contributed by atoms with Crippen LogP contribution in [0.5, 0.6) is 5.75 Å². The number of ether oxygens (including phenoxy) is 1. The molecule has 1 amide bonds. The van der Waals surface area contributed by atoms with Crippen molar-refractivity contribution in [3.63, 3.8) is 0 Å². The Morgan fingerprint density at radius 3 is 2.69 bits per heavy atom. The number of imidazole rings is 1. The summed E-state index contributed by atoms with van der Waals surface area (Å²) in [6.45, 7) is 4.38. The molecule has 8 nitrogen and oxygen atoms in total. The van der Waals surface area contributed by atoms with Gasteiger partial charge in [-0.05, 0) is 43.7 Å². The summed E-state index contributed by atoms with van der Waals surface area (Å²) in [5.41, 5.74) is 9.05. The molecule has 0 radical (unpaired) electrons. The molecule has 0 aliphatic heterocycles. The minimum atomic E-state index is -0.427. The number of halogens is 1. The third-order valence-electron chi connectivity index (χ3n) is 4.56. The van der Waals surface area contributed by atoms with Gasteiger partial charge in [0.05, 0.1) is 30.8 Å². The lowest BCUT2D eigenvalue weighted by Gasteiger charge is -2.12. The number of rotatable bonds is 7. The molecule has 3 N–H and O–H groups in total. The molecule has 3 aromatic rings. The molecule has 164 valence electrons. The first-order chi connectivity index (χ1) is 15.4. The molecule has 0 aliphatic carbocycles. The zero-order chi connectivity index (χ0) is 23.3. The number of hydrogen-bond donors (Lipinski definition) is 2. The summed E-state index contributed by atoms with van der Waals surface area (Å²) in [6.07, 6.45) is 1.52. The molecule has 0 spiro atoms. The van der Waals surface area contributed by atoms with Crippen molar-refractivity contribution in [1.29, 1.82) is 5.26 Å². The van der Waals surface area contributed by atoms with Crippen molar-refractivity contribution in [1.82, 2.24) is 9.55 Å². The molecule has 0 saturated heterocycles. The van der Waals surface area contributed by atoms with Gasteiger partial charge in [0.15, 0.2) is 0 Å². The highest BCUT2D eigenvalue weighted by atomic mass is 79.9. The molecule has 0 unspecified atom stereocenters. The van der Waals surface area contributed by atoms with E-state index in [1.165, 1.54) is 13.2 Å². The SMILES string of the molecule is CCN=C(C=C(C)N)C(=O)Nc1nc2cc(C#N)cc(OC)c2n1Cc1ccc(Br)cc1. The number of nitrogens with two attached hydrogens (primary N) is 1. The lowest BCUT2D eigenvalue weighted by Crippen LogP contribution is -2.24. The fourth-order valence-corrected chi connectivity index (χ4v) is 3.47. The Kier molecular flexibility index (Phi) is 7.28. The van der Waals surface area contributed by atoms with E-state index in [4.69, 9.17) is 10.5 Å². The van der Waals surface area contributed by atoms with Crippen molar-refractivity contribution in [3.8, 4) is 11.8 Å². The summed E-state index contributed by atoms with van der Waals surface area (Å²) >= 11 is 3.44. The van der Waals surface area contributed by atoms with E-state index in [2.05, 4.69) is 37.3 Å². The highest BCUT2D eigenvalue weighted by molar-refractivity contribution is 9.10. The molecule has 0 fully saturated rings. The Bertz CT molecular complexity index is 1250. The molecule has 1 aromatic heterocycles. The van der Waals surface area contributed by atoms with Gasteiger partial charge in [-0.1, -0.05) is 28.1 Å². The maximum atomic E-state index is 13.0. The second kappa shape index (κ2) is 10.1. The third-order valence-corrected chi connectivity index (χ3v) is 5.09. The Labute approximate surface area is 194 Å². The second-order valence-corrected chi connectivity index (χ2v) is 7.92. The van der Waals surface area contributed by atoms with Crippen molar-refractivity contribution >= 4 is 44.5 Å². The number of nitrogens with one attached hydrogen (secondary N) is 1. The zero-order valence-corrected chi connectivity index (χ0v) is 19.6. The van der Waals surface area contributed by atoms with Crippen molar-refractivity contribution < 1.29 is 9.53 Å². The van der Waals surface area contributed by atoms with E-state index in [9.17, 15) is 10.1 Å². The Morgan fingerprint density at radius 2 is 2.09 bits per heavy atom. The maximum absolute atomic E-state index is 13.0. The number of carbonyl (C=O) groups excluding carboxylic acids is 1. The van der Waals surface area contributed by atoms with Crippen LogP contribution in [0.3, 0.4) is 0 Å². The molecule has 0 atom stereocenters. The van der Waals surface area contributed by atoms with Crippen LogP contribution in [0.15, 0.2) is 57.6 Å². The number of carbonyl (C=O) groups is 1. The molecule has 9 heteroatoms. The predicted octanol–water partition coefficient (Wildman–Crippen LogP) is 3.99. The van der Waals surface area contributed by atoms with Crippen molar-refractivity contribution in [2.75, 3.05) is 19.0 Å². The largest absolute Gasteiger partial charge is 0.494 e. The lowest BCUT2D eigenvalue weighted by molar-refractivity contribution is -0.110. The number of hydrogen-bond acceptors (Lipinski definition) is 6. The second-order valence-electron chi connectivity index (χ2n) is 7.01. The number of fused-ring (bicyclic) bond motifs is 1. The number of nitrogens with zero attached hydrogens (tertiary/aromatic N) is 4. The maximum Gasteiger partial charge on any atom is 0.276 e. The number of allylic oxidation sites excluding steroid dienone is 1. The Morgan fingerprint density at radius 1 is 1.38 bits per heavy atom. The van der Waals surface area contributed by atoms with Crippen LogP contribution in [-0.4, -0.2) is 34.8 Å². The van der Waals surface area contributed by atoms with E-state index >= 15 is 0 Å². The van der Waals surface area contributed by atoms with Crippen LogP contribution in [0.4, 0.5) is 5.95 Å². The summed E-state index contributed by atoms with van der Waals surface area (Å²) in [6, 6.07) is 13.3. The minimum absolute atomic E-state index is 0.208. The summed E-state index contributed by atoms with van der Waals surface area (Å²) in [7, 11) is 1.53. The van der Waals surface area contributed by atoms with Crippen LogP contribution in [0, 0.1) is 11.3 Å². The van der Waals surface area contributed by atoms with Crippen LogP contribution < -0.4 is 15.8 Å². The fraction of sp³-hybridized carbons (Fsp3) is 0.217. The fourth-order valence-electron chi connectivity index (χ4n) is 3.21. The monoisotopic (exact) mass is 494 g/mol. The first-order valence-electron chi connectivity index (χ1n) is 9.88. The van der Waals surface area contributed by atoms with Gasteiger partial charge in [-0.2, -0.15) is 5.26 Å². The van der Waals surface area contributed by atoms with E-state index < -0.39 is 5.91 Å². The standard InChI is InChI=1S/C23H23BrN6O2/c1-4-27-19(9-14(2)26)22(31)29-23-28-18-10-16(12-25)11-20(32-3)21(18)30(23)13-15-5-7-17(24)8-6-15/h5-11H,4,13,26H2,1-3H3,(H,28,29,31). The third kappa shape index (κ3) is 5.15. The molecule has 0 bridgehead atoms. The van der Waals surface area contributed by atoms with Gasteiger partial charge < -0.3 is 15.0 Å². The first-order valence-corrected chi connectivity index (χ1v) is 10.7. The zero-order valence-electron chi connectivity index (χ0n) is 18.0. The number of benzene rings is 2. The lowest BCUT2D eigenvalue weighted by atomic mass is 10.2. The average Bonchev–Trinajstić information content (AvgIpc) is 3.10. The number of aromatic nitrogens is 2. The van der Waals surface area contributed by atoms with E-state index in [-0.39, 0.29) is 5.71 Å². The number of aliphatic imine (C=N–C) groups is 1. The van der Waals surface area contributed by atoms with Crippen LogP contribution in [0.25, 0.3) is 11.0 Å². The van der Waals surface area contributed by atoms with Crippen LogP contribution >= 0.6 is 15.9 Å². The van der Waals surface area contributed by atoms with E-state index in [1.54, 1.807) is 19.1 Å². The number of amides is 1. The molecule has 2 aromatic carbocycles. The van der Waals surface area contributed by atoms with Gasteiger partial charge in [-0.3, -0.25) is 15.1 Å². The van der Waals surface area contributed by atoms with Gasteiger partial charge in [-0.25, -0.2) is 4.98 Å². The molecule has 1 heterocycles. The topological polar surface area (TPSA) is 118 Å². The number of anilines is 1. The molecular formula is C23H23BrN6O2. The van der Waals surface area contributed by atoms with E-state index in [1.807, 2.05) is 35.8 Å². The Balaban J connectivity index is 2.14. The molecule has 0 aliphatic rings. The number of methoxy groups -OCH3 is 1. The highest BCUT2D eigenvalue weighted by Gasteiger charge is 2.20. The number of nitriles is 1. The van der Waals surface area contributed by atoms with E-state index in [0.29, 0.717) is 47.1 Å². The molecule has 32 heavy (non-hydrogen) atoms. The van der Waals surface area contributed by atoms with E-state index in [0.717, 1.165) is 10.0 Å². The summed E-state index contributed by atoms with van der Waals surface area (Å²) in [4.78, 5) is 21.8. The minimum Gasteiger partial charge on any atom is -0.494 e. The first kappa shape index (κ1) is 23.0. The van der Waals surface area contributed by atoms with Gasteiger partial charge in [0.1, 0.15) is 17.0 Å². The van der Waals surface area contributed by atoms with Gasteiger partial charge >= 0.3 is 0 Å². The predicted molar refractivity (Wildman–Crippen MR) is 129 cm³/mol. The van der Waals surface area contributed by atoms with Gasteiger partial charge in [0.2, 0.25) is 5.95 Å². The summed E-state index contributed by atoms with van der Waals surface area (Å²) in [5.74, 6) is 0.376. The van der Waals surface area contributed by atoms with Crippen LogP contribution in [0.1, 0.15) is 25.0 Å². The average molecular weight is 495 g/mol. The van der Waals surface area contributed by atoms with Gasteiger partial charge in [-0.15, -0.1) is 0 Å². The normalized spacial score (nSPS) is 12.0. The summed E-state index contributed by atoms with van der Waals surface area (Å²) in [5, 5.41) is 12.2. The van der Waals surface area contributed by atoms with Gasteiger partial charge in [0, 0.05) is 22.8 Å². The molecular weight excluding hydrogens is 472 g/mol. The van der Waals surface area contributed by atoms with Crippen molar-refractivity contribution in [2.45, 2.75) is 20.4 Å². The van der Waals surface area contributed by atoms with Crippen molar-refractivity contribution in [2.24, 2.45) is 10.7 Å². The highest BCUT2D eigenvalue weighted by Crippen LogP contribution is 2.31. The molecule has 0 saturated carbocycles. The van der Waals surface area contributed by atoms with Gasteiger partial charge in [0.25, 0.3) is 5.91 Å². The van der Waals surface area contributed by atoms with Crippen molar-refractivity contribution in [3.05, 3.63) is 63.8 Å². The summed E-state index contributed by atoms with van der Waals surface area (Å²) < 4.78 is 8.35. The molecule has 3 rings (SSSR count). The quantitative estimate of drug-likeness (QED) is 0.481. The van der Waals surface area contributed by atoms with Crippen LogP contribution in [0.2, 0.25) is 0 Å².